The second-order valence-corrected chi connectivity index (χ2v) is 8.02. The van der Waals surface area contributed by atoms with Gasteiger partial charge >= 0.3 is 0 Å². The molecule has 0 spiro atoms. The first-order chi connectivity index (χ1) is 14.6. The third-order valence-electron chi connectivity index (χ3n) is 5.79. The Kier molecular flexibility index (Phi) is 5.88. The molecule has 30 heavy (non-hydrogen) atoms. The zero-order valence-electron chi connectivity index (χ0n) is 17.6. The molecule has 0 saturated carbocycles. The molecule has 0 bridgehead atoms. The van der Waals surface area contributed by atoms with E-state index >= 15 is 0 Å². The molecule has 0 unspecified atom stereocenters. The van der Waals surface area contributed by atoms with Crippen LogP contribution in [-0.2, 0) is 9.59 Å². The van der Waals surface area contributed by atoms with Crippen molar-refractivity contribution in [3.63, 3.8) is 0 Å². The number of ether oxygens (including phenoxy) is 1. The zero-order valence-corrected chi connectivity index (χ0v) is 17.6. The Morgan fingerprint density at radius 3 is 2.30 bits per heavy atom. The first-order valence-electron chi connectivity index (χ1n) is 10.8. The van der Waals surface area contributed by atoms with E-state index in [0.717, 1.165) is 37.9 Å². The summed E-state index contributed by atoms with van der Waals surface area (Å²) in [5.41, 5.74) is 2.29. The Labute approximate surface area is 177 Å². The van der Waals surface area contributed by atoms with E-state index < -0.39 is 0 Å². The molecular formula is C25H28N2O3. The number of benzene rings is 2. The molecule has 2 aliphatic heterocycles. The van der Waals surface area contributed by atoms with Gasteiger partial charge in [-0.2, -0.15) is 0 Å². The minimum atomic E-state index is -0.285. The maximum atomic E-state index is 13.7. The lowest BCUT2D eigenvalue weighted by Crippen LogP contribution is -2.38. The van der Waals surface area contributed by atoms with Gasteiger partial charge in [0.25, 0.3) is 11.8 Å². The highest BCUT2D eigenvalue weighted by molar-refractivity contribution is 6.45. The third-order valence-corrected chi connectivity index (χ3v) is 5.79. The maximum absolute atomic E-state index is 13.7. The summed E-state index contributed by atoms with van der Waals surface area (Å²) < 4.78 is 5.85. The van der Waals surface area contributed by atoms with Crippen LogP contribution in [0.1, 0.15) is 38.7 Å². The van der Waals surface area contributed by atoms with Gasteiger partial charge in [0, 0.05) is 13.1 Å². The predicted octanol–water partition coefficient (Wildman–Crippen LogP) is 4.49. The van der Waals surface area contributed by atoms with Crippen molar-refractivity contribution in [3.05, 3.63) is 65.9 Å². The second-order valence-electron chi connectivity index (χ2n) is 8.02. The van der Waals surface area contributed by atoms with Crippen LogP contribution in [0.5, 0.6) is 5.75 Å². The Bertz CT molecular complexity index is 959. The van der Waals surface area contributed by atoms with E-state index in [1.807, 2.05) is 55.5 Å². The normalized spacial score (nSPS) is 17.8. The fourth-order valence-corrected chi connectivity index (χ4v) is 4.10. The lowest BCUT2D eigenvalue weighted by atomic mass is 9.97. The van der Waals surface area contributed by atoms with E-state index in [2.05, 4.69) is 11.8 Å². The molecule has 0 radical (unpaired) electrons. The first kappa shape index (κ1) is 20.2. The minimum Gasteiger partial charge on any atom is -0.491 e. The molecule has 2 aromatic carbocycles. The molecule has 1 fully saturated rings. The van der Waals surface area contributed by atoms with Gasteiger partial charge in [0.15, 0.2) is 0 Å². The molecule has 0 N–H and O–H groups in total. The van der Waals surface area contributed by atoms with Crippen molar-refractivity contribution in [2.75, 3.05) is 24.6 Å². The van der Waals surface area contributed by atoms with Gasteiger partial charge < -0.3 is 9.64 Å². The Morgan fingerprint density at radius 2 is 1.60 bits per heavy atom. The number of rotatable bonds is 6. The molecule has 2 aliphatic rings. The SMILES string of the molecule is CCCOc1ccccc1N1C(=O)C(c2ccccc2)=C(N2CCC(C)CC2)C1=O. The largest absolute Gasteiger partial charge is 0.491 e. The molecule has 1 saturated heterocycles. The van der Waals surface area contributed by atoms with E-state index in [-0.39, 0.29) is 11.8 Å². The number of likely N-dealkylation sites (tertiary alicyclic amines) is 1. The van der Waals surface area contributed by atoms with Gasteiger partial charge in [-0.1, -0.05) is 56.3 Å². The average molecular weight is 405 g/mol. The van der Waals surface area contributed by atoms with Crippen LogP contribution in [0.2, 0.25) is 0 Å². The Morgan fingerprint density at radius 1 is 0.933 bits per heavy atom. The standard InChI is InChI=1S/C25H28N2O3/c1-3-17-30-21-12-8-7-11-20(21)27-24(28)22(19-9-5-4-6-10-19)23(25(27)29)26-15-13-18(2)14-16-26/h4-12,18H,3,13-17H2,1-2H3. The number of para-hydroxylation sites is 2. The average Bonchev–Trinajstić information content (AvgIpc) is 3.03. The van der Waals surface area contributed by atoms with E-state index in [1.54, 1.807) is 6.07 Å². The number of amides is 2. The molecule has 5 heteroatoms. The first-order valence-corrected chi connectivity index (χ1v) is 10.8. The van der Waals surface area contributed by atoms with Gasteiger partial charge in [0.2, 0.25) is 0 Å². The molecule has 4 rings (SSSR count). The van der Waals surface area contributed by atoms with Gasteiger partial charge in [-0.3, -0.25) is 9.59 Å². The van der Waals surface area contributed by atoms with Crippen molar-refractivity contribution in [2.45, 2.75) is 33.1 Å². The van der Waals surface area contributed by atoms with Crippen LogP contribution >= 0.6 is 0 Å². The highest BCUT2D eigenvalue weighted by atomic mass is 16.5. The van der Waals surface area contributed by atoms with Crippen molar-refractivity contribution < 1.29 is 14.3 Å². The van der Waals surface area contributed by atoms with Crippen LogP contribution in [-0.4, -0.2) is 36.4 Å². The third kappa shape index (κ3) is 3.72. The van der Waals surface area contributed by atoms with Gasteiger partial charge in [-0.05, 0) is 42.9 Å². The van der Waals surface area contributed by atoms with Gasteiger partial charge in [-0.15, -0.1) is 0 Å². The van der Waals surface area contributed by atoms with Crippen LogP contribution in [0.15, 0.2) is 60.3 Å². The maximum Gasteiger partial charge on any atom is 0.282 e. The van der Waals surface area contributed by atoms with Gasteiger partial charge in [0.05, 0.1) is 17.9 Å². The molecule has 156 valence electrons. The summed E-state index contributed by atoms with van der Waals surface area (Å²) in [6, 6.07) is 16.8. The van der Waals surface area contributed by atoms with Crippen molar-refractivity contribution >= 4 is 23.1 Å². The Hall–Kier alpha value is -3.08. The van der Waals surface area contributed by atoms with Crippen molar-refractivity contribution in [1.29, 1.82) is 0 Å². The summed E-state index contributed by atoms with van der Waals surface area (Å²) in [7, 11) is 0. The molecule has 2 aromatic rings. The van der Waals surface area contributed by atoms with Crippen LogP contribution in [0, 0.1) is 5.92 Å². The number of carbonyl (C=O) groups is 2. The zero-order chi connectivity index (χ0) is 21.1. The van der Waals surface area contributed by atoms with Crippen LogP contribution in [0.4, 0.5) is 5.69 Å². The summed E-state index contributed by atoms with van der Waals surface area (Å²) >= 11 is 0. The van der Waals surface area contributed by atoms with Crippen molar-refractivity contribution in [2.24, 2.45) is 5.92 Å². The van der Waals surface area contributed by atoms with E-state index in [1.165, 1.54) is 4.90 Å². The fourth-order valence-electron chi connectivity index (χ4n) is 4.10. The lowest BCUT2D eigenvalue weighted by Gasteiger charge is -2.32. The number of piperidine rings is 1. The summed E-state index contributed by atoms with van der Waals surface area (Å²) in [5.74, 6) is 0.642. The van der Waals surface area contributed by atoms with Gasteiger partial charge in [0.1, 0.15) is 11.4 Å². The predicted molar refractivity (Wildman–Crippen MR) is 118 cm³/mol. The number of carbonyl (C=O) groups excluding carboxylic acids is 2. The van der Waals surface area contributed by atoms with Crippen molar-refractivity contribution in [1.82, 2.24) is 4.90 Å². The highest BCUT2D eigenvalue weighted by Gasteiger charge is 2.43. The topological polar surface area (TPSA) is 49.9 Å². The molecule has 0 aromatic heterocycles. The number of imide groups is 1. The number of anilines is 1. The fraction of sp³-hybridized carbons (Fsp3) is 0.360. The summed E-state index contributed by atoms with van der Waals surface area (Å²) in [5, 5.41) is 0. The minimum absolute atomic E-state index is 0.263. The van der Waals surface area contributed by atoms with Crippen LogP contribution in [0.3, 0.4) is 0 Å². The highest BCUT2D eigenvalue weighted by Crippen LogP contribution is 2.39. The molecule has 2 amide bonds. The summed E-state index contributed by atoms with van der Waals surface area (Å²) in [4.78, 5) is 30.7. The monoisotopic (exact) mass is 404 g/mol. The molecule has 5 nitrogen and oxygen atoms in total. The number of hydrogen-bond donors (Lipinski definition) is 0. The van der Waals surface area contributed by atoms with Crippen molar-refractivity contribution in [3.8, 4) is 5.75 Å². The number of hydrogen-bond acceptors (Lipinski definition) is 4. The summed E-state index contributed by atoms with van der Waals surface area (Å²) in [6.45, 7) is 6.36. The smallest absolute Gasteiger partial charge is 0.282 e. The molecule has 2 heterocycles. The Balaban J connectivity index is 1.78. The van der Waals surface area contributed by atoms with E-state index in [0.29, 0.717) is 35.2 Å². The summed E-state index contributed by atoms with van der Waals surface area (Å²) in [6.07, 6.45) is 2.88. The quantitative estimate of drug-likeness (QED) is 0.666. The van der Waals surface area contributed by atoms with Gasteiger partial charge in [-0.25, -0.2) is 4.90 Å². The van der Waals surface area contributed by atoms with E-state index in [4.69, 9.17) is 4.74 Å². The molecule has 0 atom stereocenters. The van der Waals surface area contributed by atoms with Crippen LogP contribution in [0.25, 0.3) is 5.57 Å². The molecule has 0 aliphatic carbocycles. The number of nitrogens with zero attached hydrogens (tertiary/aromatic N) is 2. The lowest BCUT2D eigenvalue weighted by molar-refractivity contribution is -0.120. The van der Waals surface area contributed by atoms with E-state index in [9.17, 15) is 9.59 Å². The molecular weight excluding hydrogens is 376 g/mol. The van der Waals surface area contributed by atoms with Crippen LogP contribution < -0.4 is 9.64 Å². The second kappa shape index (κ2) is 8.74.